The molecule has 1 aliphatic carbocycles. The van der Waals surface area contributed by atoms with Gasteiger partial charge in [0.1, 0.15) is 0 Å². The van der Waals surface area contributed by atoms with E-state index in [0.29, 0.717) is 10.8 Å². The van der Waals surface area contributed by atoms with Gasteiger partial charge in [0.05, 0.1) is 5.75 Å². The largest absolute Gasteiger partial charge is 0.335 e. The second kappa shape index (κ2) is 8.29. The average molecular weight is 342 g/mol. The van der Waals surface area contributed by atoms with Crippen molar-refractivity contribution in [3.05, 3.63) is 29.8 Å². The predicted molar refractivity (Wildman–Crippen MR) is 85.2 cm³/mol. The zero-order valence-electron chi connectivity index (χ0n) is 12.9. The summed E-state index contributed by atoms with van der Waals surface area (Å²) >= 11 is 1.04. The van der Waals surface area contributed by atoms with Crippen LogP contribution in [0.2, 0.25) is 0 Å². The maximum atomic E-state index is 13.1. The van der Waals surface area contributed by atoms with Crippen molar-refractivity contribution < 1.29 is 18.4 Å². The monoisotopic (exact) mass is 342 g/mol. The molecule has 2 N–H and O–H groups in total. The molecule has 0 unspecified atom stereocenters. The Labute approximate surface area is 138 Å². The molecule has 1 fully saturated rings. The number of carbonyl (C=O) groups is 2. The SMILES string of the molecule is C[C@@H]1CCCC[C@H]1NC(=O)NC(=O)CSc1ccc(F)c(F)c1. The molecule has 2 atom stereocenters. The van der Waals surface area contributed by atoms with Crippen molar-refractivity contribution in [3.63, 3.8) is 0 Å². The fourth-order valence-corrected chi connectivity index (χ4v) is 3.33. The lowest BCUT2D eigenvalue weighted by Crippen LogP contribution is -2.48. The van der Waals surface area contributed by atoms with Crippen LogP contribution in [-0.2, 0) is 4.79 Å². The third-order valence-electron chi connectivity index (χ3n) is 3.94. The Morgan fingerprint density at radius 3 is 2.65 bits per heavy atom. The van der Waals surface area contributed by atoms with E-state index in [1.165, 1.54) is 12.5 Å². The first-order valence-electron chi connectivity index (χ1n) is 7.64. The number of halogens is 2. The molecule has 0 heterocycles. The van der Waals surface area contributed by atoms with E-state index in [2.05, 4.69) is 17.6 Å². The Hall–Kier alpha value is -1.63. The molecule has 23 heavy (non-hydrogen) atoms. The van der Waals surface area contributed by atoms with Gasteiger partial charge < -0.3 is 5.32 Å². The molecule has 0 saturated heterocycles. The lowest BCUT2D eigenvalue weighted by molar-refractivity contribution is -0.117. The lowest BCUT2D eigenvalue weighted by Gasteiger charge is -2.29. The first kappa shape index (κ1) is 17.7. The Balaban J connectivity index is 1.75. The number of urea groups is 1. The summed E-state index contributed by atoms with van der Waals surface area (Å²) in [6.45, 7) is 2.09. The number of amides is 3. The highest BCUT2D eigenvalue weighted by Crippen LogP contribution is 2.23. The van der Waals surface area contributed by atoms with E-state index in [9.17, 15) is 18.4 Å². The molecule has 4 nitrogen and oxygen atoms in total. The van der Waals surface area contributed by atoms with Crippen LogP contribution in [0.3, 0.4) is 0 Å². The fourth-order valence-electron chi connectivity index (χ4n) is 2.61. The van der Waals surface area contributed by atoms with Crippen molar-refractivity contribution in [3.8, 4) is 0 Å². The van der Waals surface area contributed by atoms with Crippen LogP contribution in [0, 0.1) is 17.6 Å². The highest BCUT2D eigenvalue weighted by atomic mass is 32.2. The number of thioether (sulfide) groups is 1. The molecule has 1 aromatic carbocycles. The van der Waals surface area contributed by atoms with Crippen LogP contribution in [-0.4, -0.2) is 23.7 Å². The van der Waals surface area contributed by atoms with Crippen LogP contribution >= 0.6 is 11.8 Å². The summed E-state index contributed by atoms with van der Waals surface area (Å²) in [5.41, 5.74) is 0. The van der Waals surface area contributed by atoms with Gasteiger partial charge in [0.15, 0.2) is 11.6 Å². The van der Waals surface area contributed by atoms with Crippen molar-refractivity contribution in [2.75, 3.05) is 5.75 Å². The molecule has 0 aromatic heterocycles. The quantitative estimate of drug-likeness (QED) is 0.824. The number of carbonyl (C=O) groups excluding carboxylic acids is 2. The van der Waals surface area contributed by atoms with E-state index in [1.807, 2.05) is 0 Å². The number of rotatable bonds is 4. The minimum absolute atomic E-state index is 0.0429. The van der Waals surface area contributed by atoms with Crippen LogP contribution in [0.25, 0.3) is 0 Å². The first-order valence-corrected chi connectivity index (χ1v) is 8.62. The van der Waals surface area contributed by atoms with E-state index in [1.54, 1.807) is 0 Å². The van der Waals surface area contributed by atoms with Gasteiger partial charge in [-0.2, -0.15) is 0 Å². The third kappa shape index (κ3) is 5.49. The summed E-state index contributed by atoms with van der Waals surface area (Å²) in [6, 6.07) is 3.01. The zero-order chi connectivity index (χ0) is 16.8. The van der Waals surface area contributed by atoms with Gasteiger partial charge in [-0.3, -0.25) is 10.1 Å². The highest BCUT2D eigenvalue weighted by Gasteiger charge is 2.23. The minimum Gasteiger partial charge on any atom is -0.335 e. The molecule has 0 spiro atoms. The number of imide groups is 1. The van der Waals surface area contributed by atoms with E-state index >= 15 is 0 Å². The van der Waals surface area contributed by atoms with Gasteiger partial charge in [-0.25, -0.2) is 13.6 Å². The third-order valence-corrected chi connectivity index (χ3v) is 4.94. The number of benzene rings is 1. The zero-order valence-corrected chi connectivity index (χ0v) is 13.7. The summed E-state index contributed by atoms with van der Waals surface area (Å²) < 4.78 is 25.9. The van der Waals surface area contributed by atoms with Gasteiger partial charge in [0.2, 0.25) is 5.91 Å². The van der Waals surface area contributed by atoms with Gasteiger partial charge >= 0.3 is 6.03 Å². The van der Waals surface area contributed by atoms with Crippen LogP contribution in [0.4, 0.5) is 13.6 Å². The molecular weight excluding hydrogens is 322 g/mol. The van der Waals surface area contributed by atoms with Crippen molar-refractivity contribution in [2.24, 2.45) is 5.92 Å². The van der Waals surface area contributed by atoms with Crippen LogP contribution in [0.5, 0.6) is 0 Å². The van der Waals surface area contributed by atoms with Crippen LogP contribution in [0.1, 0.15) is 32.6 Å². The highest BCUT2D eigenvalue weighted by molar-refractivity contribution is 8.00. The summed E-state index contributed by atoms with van der Waals surface area (Å²) in [6.07, 6.45) is 4.25. The molecule has 0 radical (unpaired) electrons. The van der Waals surface area contributed by atoms with E-state index in [-0.39, 0.29) is 11.8 Å². The molecule has 1 saturated carbocycles. The Morgan fingerprint density at radius 2 is 1.96 bits per heavy atom. The van der Waals surface area contributed by atoms with Gasteiger partial charge in [-0.15, -0.1) is 11.8 Å². The average Bonchev–Trinajstić information content (AvgIpc) is 2.51. The number of hydrogen-bond acceptors (Lipinski definition) is 3. The molecule has 3 amide bonds. The molecular formula is C16H20F2N2O2S. The molecule has 0 bridgehead atoms. The summed E-state index contributed by atoms with van der Waals surface area (Å²) in [5, 5.41) is 5.09. The summed E-state index contributed by atoms with van der Waals surface area (Å²) in [5.74, 6) is -2.00. The normalized spacial score (nSPS) is 20.8. The van der Waals surface area contributed by atoms with Gasteiger partial charge in [0, 0.05) is 10.9 Å². The smallest absolute Gasteiger partial charge is 0.321 e. The van der Waals surface area contributed by atoms with E-state index < -0.39 is 23.6 Å². The Morgan fingerprint density at radius 1 is 1.22 bits per heavy atom. The van der Waals surface area contributed by atoms with Gasteiger partial charge in [0.25, 0.3) is 0 Å². The van der Waals surface area contributed by atoms with Crippen molar-refractivity contribution in [1.82, 2.24) is 10.6 Å². The van der Waals surface area contributed by atoms with Gasteiger partial charge in [-0.1, -0.05) is 19.8 Å². The number of hydrogen-bond donors (Lipinski definition) is 2. The standard InChI is InChI=1S/C16H20F2N2O2S/c1-10-4-2-3-5-14(10)19-16(22)20-15(21)9-23-11-6-7-12(17)13(18)8-11/h6-8,10,14H,2-5,9H2,1H3,(H2,19,20,21,22)/t10-,14-/m1/s1. The Kier molecular flexibility index (Phi) is 6.38. The maximum Gasteiger partial charge on any atom is 0.321 e. The topological polar surface area (TPSA) is 58.2 Å². The minimum atomic E-state index is -0.959. The molecule has 2 rings (SSSR count). The van der Waals surface area contributed by atoms with Crippen molar-refractivity contribution in [2.45, 2.75) is 43.5 Å². The Bertz CT molecular complexity index is 583. The maximum absolute atomic E-state index is 13.1. The summed E-state index contributed by atoms with van der Waals surface area (Å²) in [7, 11) is 0. The molecule has 7 heteroatoms. The molecule has 1 aliphatic rings. The van der Waals surface area contributed by atoms with Crippen molar-refractivity contribution >= 4 is 23.7 Å². The fraction of sp³-hybridized carbons (Fsp3) is 0.500. The first-order chi connectivity index (χ1) is 11.0. The van der Waals surface area contributed by atoms with E-state index in [0.717, 1.165) is 43.2 Å². The van der Waals surface area contributed by atoms with Crippen molar-refractivity contribution in [1.29, 1.82) is 0 Å². The number of nitrogens with one attached hydrogen (secondary N) is 2. The second-order valence-corrected chi connectivity index (χ2v) is 6.80. The van der Waals surface area contributed by atoms with Crippen LogP contribution < -0.4 is 10.6 Å². The molecule has 0 aliphatic heterocycles. The molecule has 1 aromatic rings. The second-order valence-electron chi connectivity index (χ2n) is 5.75. The summed E-state index contributed by atoms with van der Waals surface area (Å²) in [4.78, 5) is 24.0. The lowest BCUT2D eigenvalue weighted by atomic mass is 9.86. The molecule has 126 valence electrons. The van der Waals surface area contributed by atoms with Crippen LogP contribution in [0.15, 0.2) is 23.1 Å². The van der Waals surface area contributed by atoms with Gasteiger partial charge in [-0.05, 0) is 37.0 Å². The van der Waals surface area contributed by atoms with E-state index in [4.69, 9.17) is 0 Å². The predicted octanol–water partition coefficient (Wildman–Crippen LogP) is 3.46.